The number of hydrogen-bond acceptors (Lipinski definition) is 6. The van der Waals surface area contributed by atoms with Crippen molar-refractivity contribution in [3.63, 3.8) is 0 Å². The van der Waals surface area contributed by atoms with E-state index in [9.17, 15) is 4.79 Å². The van der Waals surface area contributed by atoms with E-state index in [-0.39, 0.29) is 17.9 Å². The highest BCUT2D eigenvalue weighted by Gasteiger charge is 2.41. The van der Waals surface area contributed by atoms with Gasteiger partial charge in [-0.15, -0.1) is 0 Å². The van der Waals surface area contributed by atoms with E-state index in [1.165, 1.54) is 11.3 Å². The Morgan fingerprint density at radius 2 is 2.04 bits per heavy atom. The zero-order valence-electron chi connectivity index (χ0n) is 15.5. The van der Waals surface area contributed by atoms with Crippen LogP contribution in [0.2, 0.25) is 0 Å². The first-order chi connectivity index (χ1) is 13.3. The first-order valence-electron chi connectivity index (χ1n) is 9.41. The highest BCUT2D eigenvalue weighted by atomic mass is 16.5. The van der Waals surface area contributed by atoms with Crippen LogP contribution >= 0.6 is 0 Å². The summed E-state index contributed by atoms with van der Waals surface area (Å²) in [4.78, 5) is 26.3. The molecule has 2 atom stereocenters. The maximum absolute atomic E-state index is 12.9. The molecule has 0 spiro atoms. The molecule has 1 fully saturated rings. The molecule has 1 amide bonds. The number of anilines is 2. The van der Waals surface area contributed by atoms with Crippen LogP contribution in [-0.4, -0.2) is 61.8 Å². The molecule has 7 nitrogen and oxygen atoms in total. The van der Waals surface area contributed by atoms with Gasteiger partial charge in [0.1, 0.15) is 0 Å². The minimum absolute atomic E-state index is 0.0902. The van der Waals surface area contributed by atoms with Crippen LogP contribution in [0, 0.1) is 5.92 Å². The van der Waals surface area contributed by atoms with Gasteiger partial charge in [-0.2, -0.15) is 0 Å². The topological polar surface area (TPSA) is 70.6 Å². The number of nitrogens with zero attached hydrogens (tertiary/aromatic N) is 4. The summed E-state index contributed by atoms with van der Waals surface area (Å²) in [5.74, 6) is 0.713. The molecule has 142 valence electrons. The molecule has 7 heteroatoms. The molecule has 27 heavy (non-hydrogen) atoms. The zero-order chi connectivity index (χ0) is 18.6. The summed E-state index contributed by atoms with van der Waals surface area (Å²) < 4.78 is 5.07. The molecule has 0 saturated carbocycles. The zero-order valence-corrected chi connectivity index (χ0v) is 15.5. The standard InChI is InChI=1S/C20H25N5O2/c1-27-12-9-21-19(26)16-13-15-5-2-3-6-17(15)25-11-10-24(14-18(16)25)20-22-7-4-8-23-20/h2-8,16,18H,9-14H2,1H3,(H,21,26). The van der Waals surface area contributed by atoms with E-state index in [0.717, 1.165) is 32.0 Å². The lowest BCUT2D eigenvalue weighted by molar-refractivity contribution is -0.126. The number of nitrogens with one attached hydrogen (secondary N) is 1. The predicted molar refractivity (Wildman–Crippen MR) is 104 cm³/mol. The van der Waals surface area contributed by atoms with Gasteiger partial charge < -0.3 is 19.9 Å². The second-order valence-electron chi connectivity index (χ2n) is 6.98. The van der Waals surface area contributed by atoms with Crippen LogP contribution < -0.4 is 15.1 Å². The normalized spacial score (nSPS) is 21.4. The third kappa shape index (κ3) is 3.60. The van der Waals surface area contributed by atoms with E-state index in [1.54, 1.807) is 19.5 Å². The number of hydrogen-bond donors (Lipinski definition) is 1. The fourth-order valence-electron chi connectivity index (χ4n) is 4.10. The summed E-state index contributed by atoms with van der Waals surface area (Å²) in [6.07, 6.45) is 4.28. The van der Waals surface area contributed by atoms with Gasteiger partial charge in [0, 0.05) is 51.4 Å². The number of methoxy groups -OCH3 is 1. The number of amides is 1. The van der Waals surface area contributed by atoms with Gasteiger partial charge in [0.25, 0.3) is 0 Å². The van der Waals surface area contributed by atoms with Crippen LogP contribution in [-0.2, 0) is 16.0 Å². The molecule has 2 unspecified atom stereocenters. The van der Waals surface area contributed by atoms with Crippen molar-refractivity contribution in [2.45, 2.75) is 12.5 Å². The highest BCUT2D eigenvalue weighted by molar-refractivity contribution is 5.82. The lowest BCUT2D eigenvalue weighted by atomic mass is 9.83. The second kappa shape index (κ2) is 7.92. The van der Waals surface area contributed by atoms with Crippen molar-refractivity contribution in [3.05, 3.63) is 48.3 Å². The van der Waals surface area contributed by atoms with Gasteiger partial charge in [-0.3, -0.25) is 4.79 Å². The monoisotopic (exact) mass is 367 g/mol. The van der Waals surface area contributed by atoms with Crippen LogP contribution in [0.25, 0.3) is 0 Å². The van der Waals surface area contributed by atoms with Crippen molar-refractivity contribution in [1.82, 2.24) is 15.3 Å². The van der Waals surface area contributed by atoms with Crippen LogP contribution in [0.1, 0.15) is 5.56 Å². The molecular weight excluding hydrogens is 342 g/mol. The van der Waals surface area contributed by atoms with Crippen molar-refractivity contribution in [3.8, 4) is 0 Å². The number of carbonyl (C=O) groups is 1. The first-order valence-corrected chi connectivity index (χ1v) is 9.41. The summed E-state index contributed by atoms with van der Waals surface area (Å²) in [7, 11) is 1.64. The van der Waals surface area contributed by atoms with Gasteiger partial charge in [-0.25, -0.2) is 9.97 Å². The number of para-hydroxylation sites is 1. The molecule has 3 heterocycles. The first kappa shape index (κ1) is 17.7. The Kier molecular flexibility index (Phi) is 5.20. The Hall–Kier alpha value is -2.67. The number of benzene rings is 1. The molecule has 1 saturated heterocycles. The third-order valence-electron chi connectivity index (χ3n) is 5.40. The Morgan fingerprint density at radius 1 is 1.22 bits per heavy atom. The number of aromatic nitrogens is 2. The SMILES string of the molecule is COCCNC(=O)C1Cc2ccccc2N2CCN(c3ncccn3)CC12. The molecule has 4 rings (SSSR count). The molecule has 1 aromatic heterocycles. The lowest BCUT2D eigenvalue weighted by Crippen LogP contribution is -2.61. The van der Waals surface area contributed by atoms with Crippen LogP contribution in [0.4, 0.5) is 11.6 Å². The molecule has 2 aromatic rings. The van der Waals surface area contributed by atoms with Crippen LogP contribution in [0.5, 0.6) is 0 Å². The fourth-order valence-corrected chi connectivity index (χ4v) is 4.10. The molecular formula is C20H25N5O2. The average Bonchev–Trinajstić information content (AvgIpc) is 2.73. The maximum Gasteiger partial charge on any atom is 0.225 e. The van der Waals surface area contributed by atoms with Crippen molar-refractivity contribution >= 4 is 17.5 Å². The van der Waals surface area contributed by atoms with E-state index in [0.29, 0.717) is 13.2 Å². The largest absolute Gasteiger partial charge is 0.383 e. The number of ether oxygens (including phenoxy) is 1. The number of fused-ring (bicyclic) bond motifs is 3. The number of carbonyl (C=O) groups excluding carboxylic acids is 1. The Balaban J connectivity index is 1.59. The van der Waals surface area contributed by atoms with E-state index in [4.69, 9.17) is 4.74 Å². The summed E-state index contributed by atoms with van der Waals surface area (Å²) in [5.41, 5.74) is 2.49. The van der Waals surface area contributed by atoms with Crippen LogP contribution in [0.15, 0.2) is 42.7 Å². The molecule has 0 bridgehead atoms. The predicted octanol–water partition coefficient (Wildman–Crippen LogP) is 1.11. The smallest absolute Gasteiger partial charge is 0.225 e. The van der Waals surface area contributed by atoms with Crippen molar-refractivity contribution in [1.29, 1.82) is 0 Å². The van der Waals surface area contributed by atoms with E-state index < -0.39 is 0 Å². The quantitative estimate of drug-likeness (QED) is 0.799. The van der Waals surface area contributed by atoms with Crippen molar-refractivity contribution in [2.24, 2.45) is 5.92 Å². The van der Waals surface area contributed by atoms with E-state index in [2.05, 4.69) is 43.3 Å². The average molecular weight is 367 g/mol. The molecule has 2 aliphatic rings. The highest BCUT2D eigenvalue weighted by Crippen LogP contribution is 2.36. The van der Waals surface area contributed by atoms with Crippen molar-refractivity contribution in [2.75, 3.05) is 49.7 Å². The maximum atomic E-state index is 12.9. The van der Waals surface area contributed by atoms with Gasteiger partial charge >= 0.3 is 0 Å². The van der Waals surface area contributed by atoms with Gasteiger partial charge in [0.05, 0.1) is 18.6 Å². The van der Waals surface area contributed by atoms with E-state index >= 15 is 0 Å². The summed E-state index contributed by atoms with van der Waals surface area (Å²) in [5, 5.41) is 3.03. The number of piperazine rings is 1. The van der Waals surface area contributed by atoms with Crippen molar-refractivity contribution < 1.29 is 9.53 Å². The molecule has 0 radical (unpaired) electrons. The number of rotatable bonds is 5. The van der Waals surface area contributed by atoms with E-state index in [1.807, 2.05) is 12.1 Å². The lowest BCUT2D eigenvalue weighted by Gasteiger charge is -2.49. The van der Waals surface area contributed by atoms with Crippen LogP contribution in [0.3, 0.4) is 0 Å². The Bertz CT molecular complexity index is 785. The van der Waals surface area contributed by atoms with Gasteiger partial charge in [0.2, 0.25) is 11.9 Å². The summed E-state index contributed by atoms with van der Waals surface area (Å²) in [6.45, 7) is 3.48. The van der Waals surface area contributed by atoms with Gasteiger partial charge in [-0.05, 0) is 24.1 Å². The fraction of sp³-hybridized carbons (Fsp3) is 0.450. The Labute approximate surface area is 159 Å². The minimum Gasteiger partial charge on any atom is -0.383 e. The summed E-state index contributed by atoms with van der Waals surface area (Å²) >= 11 is 0. The molecule has 2 aliphatic heterocycles. The molecule has 0 aliphatic carbocycles. The molecule has 1 N–H and O–H groups in total. The van der Waals surface area contributed by atoms with Gasteiger partial charge in [0.15, 0.2) is 0 Å². The molecule has 1 aromatic carbocycles. The minimum atomic E-state index is -0.108. The Morgan fingerprint density at radius 3 is 2.85 bits per heavy atom. The van der Waals surface area contributed by atoms with Gasteiger partial charge in [-0.1, -0.05) is 18.2 Å². The summed E-state index contributed by atoms with van der Waals surface area (Å²) in [6, 6.07) is 10.3. The third-order valence-corrected chi connectivity index (χ3v) is 5.40. The second-order valence-corrected chi connectivity index (χ2v) is 6.98.